The molecule has 1 saturated carbocycles. The molecular weight excluding hydrogens is 352 g/mol. The lowest BCUT2D eigenvalue weighted by Gasteiger charge is -2.28. The molecule has 2 aliphatic heterocycles. The van der Waals surface area contributed by atoms with Crippen LogP contribution in [0, 0.1) is 5.92 Å². The average Bonchev–Trinajstić information content (AvgIpc) is 3.49. The molecule has 2 fully saturated rings. The van der Waals surface area contributed by atoms with Crippen LogP contribution in [0.15, 0.2) is 29.6 Å². The molecule has 1 aliphatic carbocycles. The Kier molecular flexibility index (Phi) is 4.47. The molecule has 146 valence electrons. The molecule has 28 heavy (non-hydrogen) atoms. The molecule has 1 N–H and O–H groups in total. The van der Waals surface area contributed by atoms with E-state index in [2.05, 4.69) is 51.1 Å². The molecule has 5 rings (SSSR count). The van der Waals surface area contributed by atoms with E-state index in [9.17, 15) is 0 Å². The van der Waals surface area contributed by atoms with Gasteiger partial charge in [-0.1, -0.05) is 0 Å². The van der Waals surface area contributed by atoms with Crippen molar-refractivity contribution in [3.05, 3.63) is 41.5 Å². The van der Waals surface area contributed by atoms with Gasteiger partial charge in [-0.3, -0.25) is 4.99 Å². The Labute approximate surface area is 165 Å². The van der Waals surface area contributed by atoms with Gasteiger partial charge < -0.3 is 15.0 Å². The summed E-state index contributed by atoms with van der Waals surface area (Å²) in [4.78, 5) is 21.0. The van der Waals surface area contributed by atoms with E-state index in [0.29, 0.717) is 17.9 Å². The standard InChI is InChI=1S/C21H26N6O/c1-13(2)26-21-19-15(3-4-22-21)16-9-14(16)11-23-20(19)17-10-18(25-12-24-17)27-5-7-28-8-6-27/h3-4,10,12-14,16H,5-9,11H2,1-2H3,(H,22,26). The summed E-state index contributed by atoms with van der Waals surface area (Å²) in [5.41, 5.74) is 4.29. The topological polar surface area (TPSA) is 75.5 Å². The van der Waals surface area contributed by atoms with Crippen molar-refractivity contribution in [2.24, 2.45) is 10.9 Å². The van der Waals surface area contributed by atoms with Crippen molar-refractivity contribution in [1.82, 2.24) is 15.0 Å². The highest BCUT2D eigenvalue weighted by Gasteiger charge is 2.42. The third kappa shape index (κ3) is 3.24. The van der Waals surface area contributed by atoms with Gasteiger partial charge in [-0.05, 0) is 43.7 Å². The van der Waals surface area contributed by atoms with Crippen molar-refractivity contribution in [3.63, 3.8) is 0 Å². The smallest absolute Gasteiger partial charge is 0.135 e. The lowest BCUT2D eigenvalue weighted by Crippen LogP contribution is -2.36. The summed E-state index contributed by atoms with van der Waals surface area (Å²) in [6.45, 7) is 8.30. The molecule has 0 aromatic carbocycles. The monoisotopic (exact) mass is 378 g/mol. The number of nitrogens with one attached hydrogen (secondary N) is 1. The molecule has 7 nitrogen and oxygen atoms in total. The van der Waals surface area contributed by atoms with Crippen LogP contribution >= 0.6 is 0 Å². The zero-order valence-corrected chi connectivity index (χ0v) is 16.4. The molecule has 0 bridgehead atoms. The minimum absolute atomic E-state index is 0.299. The number of ether oxygens (including phenoxy) is 1. The molecule has 4 heterocycles. The zero-order valence-electron chi connectivity index (χ0n) is 16.4. The Morgan fingerprint density at radius 1 is 1.18 bits per heavy atom. The lowest BCUT2D eigenvalue weighted by atomic mass is 9.98. The summed E-state index contributed by atoms with van der Waals surface area (Å²) < 4.78 is 5.47. The predicted octanol–water partition coefficient (Wildman–Crippen LogP) is 2.48. The fourth-order valence-electron chi connectivity index (χ4n) is 4.19. The van der Waals surface area contributed by atoms with Crippen LogP contribution < -0.4 is 10.2 Å². The van der Waals surface area contributed by atoms with Crippen LogP contribution in [-0.4, -0.2) is 59.6 Å². The Hall–Kier alpha value is -2.54. The van der Waals surface area contributed by atoms with Crippen molar-refractivity contribution in [3.8, 4) is 0 Å². The summed E-state index contributed by atoms with van der Waals surface area (Å²) in [7, 11) is 0. The second-order valence-corrected chi connectivity index (χ2v) is 8.08. The second kappa shape index (κ2) is 7.13. The minimum atomic E-state index is 0.299. The normalized spacial score (nSPS) is 23.5. The Balaban J connectivity index is 1.58. The van der Waals surface area contributed by atoms with Crippen LogP contribution in [0.4, 0.5) is 11.6 Å². The maximum absolute atomic E-state index is 5.47. The van der Waals surface area contributed by atoms with Gasteiger partial charge >= 0.3 is 0 Å². The van der Waals surface area contributed by atoms with Crippen LogP contribution in [0.2, 0.25) is 0 Å². The Bertz CT molecular complexity index is 906. The van der Waals surface area contributed by atoms with Crippen LogP contribution in [0.3, 0.4) is 0 Å². The Morgan fingerprint density at radius 2 is 2.04 bits per heavy atom. The van der Waals surface area contributed by atoms with Gasteiger partial charge in [0.15, 0.2) is 0 Å². The van der Waals surface area contributed by atoms with E-state index in [1.807, 2.05) is 6.20 Å². The summed E-state index contributed by atoms with van der Waals surface area (Å²) in [6, 6.07) is 4.53. The third-order valence-electron chi connectivity index (χ3n) is 5.68. The highest BCUT2D eigenvalue weighted by Crippen LogP contribution is 2.51. The van der Waals surface area contributed by atoms with Crippen molar-refractivity contribution < 1.29 is 4.74 Å². The van der Waals surface area contributed by atoms with Gasteiger partial charge in [-0.25, -0.2) is 15.0 Å². The molecule has 2 aromatic rings. The fourth-order valence-corrected chi connectivity index (χ4v) is 4.19. The lowest BCUT2D eigenvalue weighted by molar-refractivity contribution is 0.122. The minimum Gasteiger partial charge on any atom is -0.378 e. The number of fused-ring (bicyclic) bond motifs is 3. The van der Waals surface area contributed by atoms with Crippen LogP contribution in [0.1, 0.15) is 43.0 Å². The predicted molar refractivity (Wildman–Crippen MR) is 109 cm³/mol. The Morgan fingerprint density at radius 3 is 2.86 bits per heavy atom. The van der Waals surface area contributed by atoms with Crippen molar-refractivity contribution in [2.45, 2.75) is 32.2 Å². The van der Waals surface area contributed by atoms with Gasteiger partial charge in [-0.2, -0.15) is 0 Å². The van der Waals surface area contributed by atoms with Gasteiger partial charge in [0.05, 0.1) is 24.6 Å². The summed E-state index contributed by atoms with van der Waals surface area (Å²) in [5, 5.41) is 3.52. The summed E-state index contributed by atoms with van der Waals surface area (Å²) >= 11 is 0. The number of hydrogen-bond acceptors (Lipinski definition) is 7. The first-order valence-corrected chi connectivity index (χ1v) is 10.2. The number of aromatic nitrogens is 3. The molecule has 2 atom stereocenters. The van der Waals surface area contributed by atoms with Crippen LogP contribution in [0.5, 0.6) is 0 Å². The fraction of sp³-hybridized carbons (Fsp3) is 0.524. The zero-order chi connectivity index (χ0) is 19.1. The van der Waals surface area contributed by atoms with Crippen molar-refractivity contribution in [1.29, 1.82) is 0 Å². The maximum atomic E-state index is 5.47. The number of nitrogens with zero attached hydrogens (tertiary/aromatic N) is 5. The molecule has 0 spiro atoms. The molecule has 0 radical (unpaired) electrons. The van der Waals surface area contributed by atoms with Crippen molar-refractivity contribution in [2.75, 3.05) is 43.1 Å². The van der Waals surface area contributed by atoms with E-state index in [4.69, 9.17) is 9.73 Å². The van der Waals surface area contributed by atoms with E-state index in [1.54, 1.807) is 6.33 Å². The summed E-state index contributed by atoms with van der Waals surface area (Å²) in [5.74, 6) is 3.08. The van der Waals surface area contributed by atoms with Crippen molar-refractivity contribution >= 4 is 17.3 Å². The highest BCUT2D eigenvalue weighted by molar-refractivity contribution is 6.16. The average molecular weight is 378 g/mol. The number of aliphatic imine (C=N–C) groups is 1. The SMILES string of the molecule is CC(C)Nc1nccc2c1C(c1cc(N3CCOCC3)ncn1)=NCC1CC21. The first-order chi connectivity index (χ1) is 13.7. The van der Waals surface area contributed by atoms with Crippen LogP contribution in [-0.2, 0) is 4.74 Å². The third-order valence-corrected chi connectivity index (χ3v) is 5.68. The van der Waals surface area contributed by atoms with Gasteiger partial charge in [0.25, 0.3) is 0 Å². The molecule has 2 unspecified atom stereocenters. The summed E-state index contributed by atoms with van der Waals surface area (Å²) in [6.07, 6.45) is 4.79. The van der Waals surface area contributed by atoms with E-state index in [1.165, 1.54) is 12.0 Å². The van der Waals surface area contributed by atoms with E-state index in [-0.39, 0.29) is 0 Å². The van der Waals surface area contributed by atoms with Gasteiger partial charge in [-0.15, -0.1) is 0 Å². The number of rotatable bonds is 4. The van der Waals surface area contributed by atoms with E-state index < -0.39 is 0 Å². The molecule has 0 amide bonds. The number of pyridine rings is 1. The quantitative estimate of drug-likeness (QED) is 0.881. The second-order valence-electron chi connectivity index (χ2n) is 8.08. The largest absolute Gasteiger partial charge is 0.378 e. The molecular formula is C21H26N6O. The van der Waals surface area contributed by atoms with Crippen LogP contribution in [0.25, 0.3) is 0 Å². The van der Waals surface area contributed by atoms with E-state index in [0.717, 1.165) is 61.5 Å². The van der Waals surface area contributed by atoms with Gasteiger partial charge in [0.2, 0.25) is 0 Å². The number of morpholine rings is 1. The molecule has 7 heteroatoms. The maximum Gasteiger partial charge on any atom is 0.135 e. The van der Waals surface area contributed by atoms with Gasteiger partial charge in [0, 0.05) is 43.5 Å². The number of anilines is 2. The highest BCUT2D eigenvalue weighted by atomic mass is 16.5. The molecule has 1 saturated heterocycles. The molecule has 3 aliphatic rings. The van der Waals surface area contributed by atoms with E-state index >= 15 is 0 Å². The van der Waals surface area contributed by atoms with Gasteiger partial charge in [0.1, 0.15) is 18.0 Å². The first-order valence-electron chi connectivity index (χ1n) is 10.2. The number of hydrogen-bond donors (Lipinski definition) is 1. The first kappa shape index (κ1) is 17.6. The molecule has 2 aromatic heterocycles.